The minimum atomic E-state index is -1.33. The van der Waals surface area contributed by atoms with Gasteiger partial charge in [0.1, 0.15) is 23.0 Å². The summed E-state index contributed by atoms with van der Waals surface area (Å²) < 4.78 is 39.6. The lowest BCUT2D eigenvalue weighted by atomic mass is 10.1. The van der Waals surface area contributed by atoms with Gasteiger partial charge in [0.25, 0.3) is 5.91 Å². The molecule has 0 aliphatic heterocycles. The number of carbonyl (C=O) groups excluding carboxylic acids is 1. The second kappa shape index (κ2) is 5.66. The number of carboxylic acids is 1. The molecule has 0 spiro atoms. The number of anilines is 1. The van der Waals surface area contributed by atoms with Crippen LogP contribution in [0.5, 0.6) is 0 Å². The monoisotopic (exact) mass is 295 g/mol. The number of nitrogens with one attached hydrogen (secondary N) is 1. The number of halogens is 3. The van der Waals surface area contributed by atoms with Crippen LogP contribution < -0.4 is 5.32 Å². The van der Waals surface area contributed by atoms with E-state index in [2.05, 4.69) is 5.32 Å². The predicted octanol–water partition coefficient (Wildman–Crippen LogP) is 3.05. The summed E-state index contributed by atoms with van der Waals surface area (Å²) in [5.41, 5.74) is -0.779. The topological polar surface area (TPSA) is 66.4 Å². The molecule has 0 saturated carbocycles. The number of amides is 1. The lowest BCUT2D eigenvalue weighted by molar-refractivity contribution is 0.0696. The second-order valence-corrected chi connectivity index (χ2v) is 4.08. The molecule has 0 fully saturated rings. The fourth-order valence-corrected chi connectivity index (χ4v) is 1.65. The lowest BCUT2D eigenvalue weighted by Crippen LogP contribution is -2.16. The molecule has 0 atom stereocenters. The first-order valence-corrected chi connectivity index (χ1v) is 5.67. The zero-order valence-electron chi connectivity index (χ0n) is 10.4. The van der Waals surface area contributed by atoms with Crippen LogP contribution in [0.15, 0.2) is 36.4 Å². The highest BCUT2D eigenvalue weighted by Gasteiger charge is 2.19. The average molecular weight is 295 g/mol. The zero-order valence-corrected chi connectivity index (χ0v) is 10.4. The fourth-order valence-electron chi connectivity index (χ4n) is 1.65. The zero-order chi connectivity index (χ0) is 15.6. The molecule has 7 heteroatoms. The van der Waals surface area contributed by atoms with Gasteiger partial charge in [-0.3, -0.25) is 4.79 Å². The molecule has 108 valence electrons. The summed E-state index contributed by atoms with van der Waals surface area (Å²) in [5.74, 6) is -6.04. The van der Waals surface area contributed by atoms with Crippen molar-refractivity contribution in [2.24, 2.45) is 0 Å². The van der Waals surface area contributed by atoms with Gasteiger partial charge < -0.3 is 10.4 Å². The van der Waals surface area contributed by atoms with Gasteiger partial charge >= 0.3 is 5.97 Å². The Bertz CT molecular complexity index is 691. The van der Waals surface area contributed by atoms with Gasteiger partial charge in [0, 0.05) is 17.8 Å². The molecule has 2 aromatic rings. The number of carbonyl (C=O) groups is 2. The van der Waals surface area contributed by atoms with Gasteiger partial charge in [-0.15, -0.1) is 0 Å². The van der Waals surface area contributed by atoms with E-state index in [1.54, 1.807) is 0 Å². The maximum absolute atomic E-state index is 13.4. The summed E-state index contributed by atoms with van der Waals surface area (Å²) in [4.78, 5) is 22.4. The maximum atomic E-state index is 13.4. The minimum Gasteiger partial charge on any atom is -0.478 e. The molecule has 2 N–H and O–H groups in total. The number of hydrogen-bond acceptors (Lipinski definition) is 2. The van der Waals surface area contributed by atoms with Crippen LogP contribution in [0.25, 0.3) is 0 Å². The molecule has 0 bridgehead atoms. The predicted molar refractivity (Wildman–Crippen MR) is 67.7 cm³/mol. The molecule has 0 aromatic heterocycles. The second-order valence-electron chi connectivity index (χ2n) is 4.08. The first-order valence-electron chi connectivity index (χ1n) is 5.67. The molecule has 0 heterocycles. The largest absolute Gasteiger partial charge is 0.478 e. The Hall–Kier alpha value is -2.83. The van der Waals surface area contributed by atoms with Crippen molar-refractivity contribution >= 4 is 17.6 Å². The summed E-state index contributed by atoms with van der Waals surface area (Å²) >= 11 is 0. The molecule has 2 rings (SSSR count). The molecule has 0 radical (unpaired) electrons. The molecule has 4 nitrogen and oxygen atoms in total. The SMILES string of the molecule is O=C(O)c1ccc(NC(=O)c2c(F)cc(F)cc2F)cc1. The normalized spacial score (nSPS) is 10.2. The molecule has 0 aliphatic carbocycles. The molecular formula is C14H8F3NO3. The van der Waals surface area contributed by atoms with Gasteiger partial charge in [-0.25, -0.2) is 18.0 Å². The summed E-state index contributed by atoms with van der Waals surface area (Å²) in [5, 5.41) is 10.9. The van der Waals surface area contributed by atoms with Crippen molar-refractivity contribution in [1.82, 2.24) is 0 Å². The molecule has 21 heavy (non-hydrogen) atoms. The average Bonchev–Trinajstić information content (AvgIpc) is 2.37. The summed E-state index contributed by atoms with van der Waals surface area (Å²) in [6.07, 6.45) is 0. The van der Waals surface area contributed by atoms with E-state index in [9.17, 15) is 22.8 Å². The Morgan fingerprint density at radius 1 is 0.952 bits per heavy atom. The van der Waals surface area contributed by atoms with Crippen LogP contribution in [0, 0.1) is 17.5 Å². The lowest BCUT2D eigenvalue weighted by Gasteiger charge is -2.07. The van der Waals surface area contributed by atoms with Crippen molar-refractivity contribution in [2.45, 2.75) is 0 Å². The fraction of sp³-hybridized carbons (Fsp3) is 0. The van der Waals surface area contributed by atoms with E-state index in [1.165, 1.54) is 24.3 Å². The van der Waals surface area contributed by atoms with E-state index in [0.29, 0.717) is 12.1 Å². The number of benzene rings is 2. The third kappa shape index (κ3) is 3.19. The number of carboxylic acid groups (broad SMARTS) is 1. The molecule has 0 aliphatic rings. The van der Waals surface area contributed by atoms with Crippen LogP contribution in [0.4, 0.5) is 18.9 Å². The summed E-state index contributed by atoms with van der Waals surface area (Å²) in [6.45, 7) is 0. The molecular weight excluding hydrogens is 287 g/mol. The van der Waals surface area contributed by atoms with Crippen molar-refractivity contribution in [1.29, 1.82) is 0 Å². The third-order valence-electron chi connectivity index (χ3n) is 2.62. The van der Waals surface area contributed by atoms with Gasteiger partial charge in [0.2, 0.25) is 0 Å². The van der Waals surface area contributed by atoms with Crippen LogP contribution in [0.1, 0.15) is 20.7 Å². The first-order chi connectivity index (χ1) is 9.88. The highest BCUT2D eigenvalue weighted by molar-refractivity contribution is 6.04. The highest BCUT2D eigenvalue weighted by Crippen LogP contribution is 2.17. The number of rotatable bonds is 3. The van der Waals surface area contributed by atoms with Crippen LogP contribution in [-0.2, 0) is 0 Å². The molecule has 0 unspecified atom stereocenters. The Labute approximate surface area is 116 Å². The van der Waals surface area contributed by atoms with Gasteiger partial charge in [-0.05, 0) is 24.3 Å². The van der Waals surface area contributed by atoms with Crippen LogP contribution in [0.2, 0.25) is 0 Å². The molecule has 2 aromatic carbocycles. The van der Waals surface area contributed by atoms with Crippen LogP contribution in [-0.4, -0.2) is 17.0 Å². The highest BCUT2D eigenvalue weighted by atomic mass is 19.1. The number of aromatic carboxylic acids is 1. The van der Waals surface area contributed by atoms with Crippen molar-refractivity contribution in [3.8, 4) is 0 Å². The Morgan fingerprint density at radius 2 is 1.48 bits per heavy atom. The van der Waals surface area contributed by atoms with E-state index >= 15 is 0 Å². The number of hydrogen-bond donors (Lipinski definition) is 2. The first kappa shape index (κ1) is 14.6. The van der Waals surface area contributed by atoms with Crippen molar-refractivity contribution in [3.63, 3.8) is 0 Å². The van der Waals surface area contributed by atoms with Gasteiger partial charge in [0.15, 0.2) is 0 Å². The maximum Gasteiger partial charge on any atom is 0.335 e. The minimum absolute atomic E-state index is 0.00728. The molecule has 0 saturated heterocycles. The smallest absolute Gasteiger partial charge is 0.335 e. The third-order valence-corrected chi connectivity index (χ3v) is 2.62. The van der Waals surface area contributed by atoms with E-state index in [4.69, 9.17) is 5.11 Å². The van der Waals surface area contributed by atoms with Crippen molar-refractivity contribution in [3.05, 3.63) is 65.0 Å². The quantitative estimate of drug-likeness (QED) is 0.914. The Morgan fingerprint density at radius 3 is 1.95 bits per heavy atom. The Kier molecular flexibility index (Phi) is 3.93. The van der Waals surface area contributed by atoms with Gasteiger partial charge in [0.05, 0.1) is 5.56 Å². The van der Waals surface area contributed by atoms with Gasteiger partial charge in [-0.1, -0.05) is 0 Å². The van der Waals surface area contributed by atoms with E-state index in [-0.39, 0.29) is 11.3 Å². The van der Waals surface area contributed by atoms with Crippen molar-refractivity contribution in [2.75, 3.05) is 5.32 Å². The van der Waals surface area contributed by atoms with Crippen LogP contribution >= 0.6 is 0 Å². The Balaban J connectivity index is 2.24. The summed E-state index contributed by atoms with van der Waals surface area (Å²) in [6, 6.07) is 5.75. The summed E-state index contributed by atoms with van der Waals surface area (Å²) in [7, 11) is 0. The van der Waals surface area contributed by atoms with E-state index in [0.717, 1.165) is 0 Å². The molecule has 1 amide bonds. The van der Waals surface area contributed by atoms with Gasteiger partial charge in [-0.2, -0.15) is 0 Å². The van der Waals surface area contributed by atoms with Crippen LogP contribution in [0.3, 0.4) is 0 Å². The van der Waals surface area contributed by atoms with E-state index < -0.39 is 34.9 Å². The standard InChI is InChI=1S/C14H8F3NO3/c15-8-5-10(16)12(11(17)6-8)13(19)18-9-3-1-7(2-4-9)14(20)21/h1-6H,(H,18,19)(H,20,21). The van der Waals surface area contributed by atoms with E-state index in [1.807, 2.05) is 0 Å². The van der Waals surface area contributed by atoms with Crippen molar-refractivity contribution < 1.29 is 27.9 Å².